The van der Waals surface area contributed by atoms with Crippen LogP contribution in [0.15, 0.2) is 0 Å². The third-order valence-electron chi connectivity index (χ3n) is 2.42. The molecule has 2 heteroatoms. The Labute approximate surface area is 62.6 Å². The van der Waals surface area contributed by atoms with Gasteiger partial charge in [-0.3, -0.25) is 0 Å². The summed E-state index contributed by atoms with van der Waals surface area (Å²) in [5, 5.41) is 12.1. The van der Waals surface area contributed by atoms with Crippen LogP contribution in [0, 0.1) is 11.8 Å². The largest absolute Gasteiger partial charge is 0.395 e. The van der Waals surface area contributed by atoms with Gasteiger partial charge in [0.1, 0.15) is 0 Å². The fourth-order valence-corrected chi connectivity index (χ4v) is 1.50. The predicted octanol–water partition coefficient (Wildman–Crippen LogP) is 0.613. The van der Waals surface area contributed by atoms with E-state index in [0.717, 1.165) is 24.8 Å². The van der Waals surface area contributed by atoms with Crippen molar-refractivity contribution in [1.82, 2.24) is 5.32 Å². The van der Waals surface area contributed by atoms with E-state index in [-0.39, 0.29) is 0 Å². The van der Waals surface area contributed by atoms with Crippen LogP contribution in [0.2, 0.25) is 0 Å². The van der Waals surface area contributed by atoms with Crippen molar-refractivity contribution in [3.8, 4) is 0 Å². The number of hydrogen-bond donors (Lipinski definition) is 2. The highest BCUT2D eigenvalue weighted by molar-refractivity contribution is 4.82. The maximum absolute atomic E-state index is 8.80. The molecule has 1 aliphatic rings. The Morgan fingerprint density at radius 1 is 1.60 bits per heavy atom. The lowest BCUT2D eigenvalue weighted by Crippen LogP contribution is -2.24. The summed E-state index contributed by atoms with van der Waals surface area (Å²) in [5.41, 5.74) is 0. The molecule has 1 aliphatic heterocycles. The van der Waals surface area contributed by atoms with Crippen LogP contribution in [-0.2, 0) is 0 Å². The average molecular weight is 143 g/mol. The Morgan fingerprint density at radius 3 is 2.60 bits per heavy atom. The molecule has 0 radical (unpaired) electrons. The summed E-state index contributed by atoms with van der Waals surface area (Å²) in [6.45, 7) is 5.87. The van der Waals surface area contributed by atoms with Gasteiger partial charge in [-0.25, -0.2) is 0 Å². The molecular formula is C8H17NO. The molecule has 0 spiro atoms. The van der Waals surface area contributed by atoms with Crippen molar-refractivity contribution < 1.29 is 5.11 Å². The van der Waals surface area contributed by atoms with E-state index in [1.54, 1.807) is 0 Å². The number of hydrogen-bond acceptors (Lipinski definition) is 2. The third kappa shape index (κ3) is 1.70. The first-order valence-electron chi connectivity index (χ1n) is 4.08. The maximum Gasteiger partial charge on any atom is 0.0584 e. The highest BCUT2D eigenvalue weighted by atomic mass is 16.3. The minimum absolute atomic E-state index is 0.295. The minimum Gasteiger partial charge on any atom is -0.395 e. The molecule has 0 aromatic carbocycles. The van der Waals surface area contributed by atoms with Crippen molar-refractivity contribution in [3.05, 3.63) is 0 Å². The van der Waals surface area contributed by atoms with Gasteiger partial charge in [-0.15, -0.1) is 0 Å². The topological polar surface area (TPSA) is 32.3 Å². The molecule has 0 unspecified atom stereocenters. The zero-order valence-corrected chi connectivity index (χ0v) is 6.80. The molecule has 0 aliphatic carbocycles. The van der Waals surface area contributed by atoms with Crippen molar-refractivity contribution in [2.45, 2.75) is 26.3 Å². The molecule has 60 valence electrons. The second kappa shape index (κ2) is 3.35. The van der Waals surface area contributed by atoms with Crippen LogP contribution in [0.1, 0.15) is 20.3 Å². The molecule has 0 bridgehead atoms. The van der Waals surface area contributed by atoms with Gasteiger partial charge in [0.2, 0.25) is 0 Å². The van der Waals surface area contributed by atoms with Crippen LogP contribution in [0.3, 0.4) is 0 Å². The Balaban J connectivity index is 2.28. The van der Waals surface area contributed by atoms with Crippen molar-refractivity contribution in [3.63, 3.8) is 0 Å². The predicted molar refractivity (Wildman–Crippen MR) is 41.8 cm³/mol. The van der Waals surface area contributed by atoms with Gasteiger partial charge in [0.15, 0.2) is 0 Å². The second-order valence-electron chi connectivity index (χ2n) is 3.53. The molecule has 1 heterocycles. The first kappa shape index (κ1) is 8.02. The number of aliphatic hydroxyl groups is 1. The molecule has 1 rings (SSSR count). The lowest BCUT2D eigenvalue weighted by atomic mass is 9.94. The van der Waals surface area contributed by atoms with E-state index in [1.807, 2.05) is 0 Å². The van der Waals surface area contributed by atoms with Crippen LogP contribution in [0.25, 0.3) is 0 Å². The van der Waals surface area contributed by atoms with Gasteiger partial charge in [0.05, 0.1) is 6.61 Å². The molecular weight excluding hydrogens is 126 g/mol. The van der Waals surface area contributed by atoms with E-state index in [4.69, 9.17) is 5.11 Å². The van der Waals surface area contributed by atoms with Gasteiger partial charge in [-0.1, -0.05) is 13.8 Å². The molecule has 2 atom stereocenters. The van der Waals surface area contributed by atoms with Crippen molar-refractivity contribution in [2.24, 2.45) is 11.8 Å². The monoisotopic (exact) mass is 143 g/mol. The molecule has 2 N–H and O–H groups in total. The highest BCUT2D eigenvalue weighted by Crippen LogP contribution is 2.21. The summed E-state index contributed by atoms with van der Waals surface area (Å²) < 4.78 is 0. The van der Waals surface area contributed by atoms with E-state index in [1.165, 1.54) is 0 Å². The lowest BCUT2D eigenvalue weighted by Gasteiger charge is -2.11. The van der Waals surface area contributed by atoms with Gasteiger partial charge in [0.25, 0.3) is 0 Å². The summed E-state index contributed by atoms with van der Waals surface area (Å²) >= 11 is 0. The maximum atomic E-state index is 8.80. The molecule has 0 amide bonds. The quantitative estimate of drug-likeness (QED) is 0.593. The summed E-state index contributed by atoms with van der Waals surface area (Å²) in [7, 11) is 0. The first-order valence-corrected chi connectivity index (χ1v) is 4.08. The molecule has 0 aromatic heterocycles. The molecule has 0 saturated carbocycles. The van der Waals surface area contributed by atoms with Gasteiger partial charge in [-0.2, -0.15) is 0 Å². The van der Waals surface area contributed by atoms with E-state index < -0.39 is 0 Å². The number of nitrogens with one attached hydrogen (secondary N) is 1. The summed E-state index contributed by atoms with van der Waals surface area (Å²) in [6.07, 6.45) is 1.15. The van der Waals surface area contributed by atoms with E-state index >= 15 is 0 Å². The molecule has 2 nitrogen and oxygen atoms in total. The molecule has 0 aromatic rings. The lowest BCUT2D eigenvalue weighted by molar-refractivity contribution is 0.250. The van der Waals surface area contributed by atoms with Crippen molar-refractivity contribution >= 4 is 0 Å². The number of aliphatic hydroxyl groups excluding tert-OH is 1. The van der Waals surface area contributed by atoms with E-state index in [9.17, 15) is 0 Å². The number of rotatable bonds is 2. The van der Waals surface area contributed by atoms with Gasteiger partial charge < -0.3 is 10.4 Å². The summed E-state index contributed by atoms with van der Waals surface area (Å²) in [6, 6.07) is 0.368. The van der Waals surface area contributed by atoms with Gasteiger partial charge >= 0.3 is 0 Å². The second-order valence-corrected chi connectivity index (χ2v) is 3.53. The molecule has 1 saturated heterocycles. The van der Waals surface area contributed by atoms with Crippen molar-refractivity contribution in [1.29, 1.82) is 0 Å². The first-order chi connectivity index (χ1) is 4.74. The van der Waals surface area contributed by atoms with Crippen molar-refractivity contribution in [2.75, 3.05) is 13.2 Å². The summed E-state index contributed by atoms with van der Waals surface area (Å²) in [4.78, 5) is 0. The third-order valence-corrected chi connectivity index (χ3v) is 2.42. The van der Waals surface area contributed by atoms with Gasteiger partial charge in [-0.05, 0) is 24.8 Å². The SMILES string of the molecule is CC(C)[C@H]1CN[C@H](CO)C1. The summed E-state index contributed by atoms with van der Waals surface area (Å²) in [5.74, 6) is 1.53. The van der Waals surface area contributed by atoms with Crippen LogP contribution in [-0.4, -0.2) is 24.3 Å². The Bertz CT molecular complexity index is 103. The fourth-order valence-electron chi connectivity index (χ4n) is 1.50. The molecule has 10 heavy (non-hydrogen) atoms. The zero-order chi connectivity index (χ0) is 7.56. The van der Waals surface area contributed by atoms with Crippen LogP contribution >= 0.6 is 0 Å². The highest BCUT2D eigenvalue weighted by Gasteiger charge is 2.24. The van der Waals surface area contributed by atoms with Crippen LogP contribution < -0.4 is 5.32 Å². The standard InChI is InChI=1S/C8H17NO/c1-6(2)7-3-8(5-10)9-4-7/h6-10H,3-5H2,1-2H3/t7-,8+/m1/s1. The fraction of sp³-hybridized carbons (Fsp3) is 1.00. The zero-order valence-electron chi connectivity index (χ0n) is 6.80. The normalized spacial score (nSPS) is 33.6. The average Bonchev–Trinajstić information content (AvgIpc) is 2.34. The van der Waals surface area contributed by atoms with Gasteiger partial charge in [0, 0.05) is 6.04 Å². The Hall–Kier alpha value is -0.0800. The van der Waals surface area contributed by atoms with Crippen LogP contribution in [0.5, 0.6) is 0 Å². The Kier molecular flexibility index (Phi) is 2.69. The minimum atomic E-state index is 0.295. The smallest absolute Gasteiger partial charge is 0.0584 e. The van der Waals surface area contributed by atoms with Crippen LogP contribution in [0.4, 0.5) is 0 Å². The molecule has 1 fully saturated rings. The van der Waals surface area contributed by atoms with E-state index in [0.29, 0.717) is 12.6 Å². The van der Waals surface area contributed by atoms with E-state index in [2.05, 4.69) is 19.2 Å². The Morgan fingerprint density at radius 2 is 2.30 bits per heavy atom.